The molecule has 0 bridgehead atoms. The van der Waals surface area contributed by atoms with Gasteiger partial charge < -0.3 is 5.11 Å². The van der Waals surface area contributed by atoms with Crippen molar-refractivity contribution >= 4 is 29.2 Å². The van der Waals surface area contributed by atoms with Crippen LogP contribution in [0, 0.1) is 5.82 Å². The lowest BCUT2D eigenvalue weighted by Crippen LogP contribution is -2.05. The van der Waals surface area contributed by atoms with Gasteiger partial charge in [-0.3, -0.25) is 4.79 Å². The van der Waals surface area contributed by atoms with Crippen molar-refractivity contribution in [3.05, 3.63) is 33.6 Å². The monoisotopic (exact) mass is 250 g/mol. The number of aliphatic carboxylic acids is 1. The Morgan fingerprint density at radius 3 is 2.67 bits per heavy atom. The van der Waals surface area contributed by atoms with Crippen LogP contribution in [-0.4, -0.2) is 11.1 Å². The number of hydrogen-bond donors (Lipinski definition) is 1. The Labute approximate surface area is 96.6 Å². The van der Waals surface area contributed by atoms with Crippen LogP contribution in [0.4, 0.5) is 4.39 Å². The first-order valence-corrected chi connectivity index (χ1v) is 5.03. The largest absolute Gasteiger partial charge is 0.481 e. The lowest BCUT2D eigenvalue weighted by molar-refractivity contribution is -0.137. The molecule has 1 rings (SSSR count). The summed E-state index contributed by atoms with van der Waals surface area (Å²) in [5, 5.41) is 8.80. The van der Waals surface area contributed by atoms with Gasteiger partial charge in [0, 0.05) is 5.02 Å². The standard InChI is InChI=1S/C10H9Cl2FO2/c1-5(2-9(14)15)7-3-6(11)4-8(12)10(7)13/h3-5H,2H2,1H3,(H,14,15). The Hall–Kier alpha value is -0.800. The van der Waals surface area contributed by atoms with E-state index >= 15 is 0 Å². The van der Waals surface area contributed by atoms with Crippen molar-refractivity contribution in [3.8, 4) is 0 Å². The van der Waals surface area contributed by atoms with Gasteiger partial charge in [-0.1, -0.05) is 30.1 Å². The topological polar surface area (TPSA) is 37.3 Å². The van der Waals surface area contributed by atoms with E-state index in [4.69, 9.17) is 28.3 Å². The molecule has 0 radical (unpaired) electrons. The number of rotatable bonds is 3. The smallest absolute Gasteiger partial charge is 0.303 e. The Morgan fingerprint density at radius 1 is 1.53 bits per heavy atom. The van der Waals surface area contributed by atoms with Crippen LogP contribution >= 0.6 is 23.2 Å². The van der Waals surface area contributed by atoms with Gasteiger partial charge in [-0.15, -0.1) is 0 Å². The third kappa shape index (κ3) is 3.08. The van der Waals surface area contributed by atoms with Gasteiger partial charge in [0.15, 0.2) is 0 Å². The normalized spacial score (nSPS) is 12.5. The summed E-state index contributed by atoms with van der Waals surface area (Å²) in [6.45, 7) is 1.61. The summed E-state index contributed by atoms with van der Waals surface area (Å²) in [6, 6.07) is 2.69. The number of carboxylic acids is 1. The summed E-state index contributed by atoms with van der Waals surface area (Å²) in [5.41, 5.74) is 0.231. The third-order valence-corrected chi connectivity index (χ3v) is 2.53. The molecule has 1 N–H and O–H groups in total. The zero-order valence-corrected chi connectivity index (χ0v) is 9.44. The van der Waals surface area contributed by atoms with Crippen LogP contribution in [0.3, 0.4) is 0 Å². The highest BCUT2D eigenvalue weighted by molar-refractivity contribution is 6.34. The van der Waals surface area contributed by atoms with Crippen LogP contribution in [0.2, 0.25) is 10.0 Å². The van der Waals surface area contributed by atoms with Gasteiger partial charge in [0.25, 0.3) is 0 Å². The Bertz CT molecular complexity index is 393. The average molecular weight is 251 g/mol. The number of halogens is 3. The maximum Gasteiger partial charge on any atom is 0.303 e. The molecule has 0 aliphatic heterocycles. The van der Waals surface area contributed by atoms with Crippen molar-refractivity contribution in [2.24, 2.45) is 0 Å². The zero-order chi connectivity index (χ0) is 11.6. The van der Waals surface area contributed by atoms with Gasteiger partial charge >= 0.3 is 5.97 Å². The second-order valence-electron chi connectivity index (χ2n) is 3.29. The highest BCUT2D eigenvalue weighted by Gasteiger charge is 2.17. The minimum atomic E-state index is -0.988. The molecule has 1 aromatic carbocycles. The van der Waals surface area contributed by atoms with Crippen LogP contribution in [0.5, 0.6) is 0 Å². The molecule has 0 fully saturated rings. The molecule has 0 aromatic heterocycles. The summed E-state index contributed by atoms with van der Waals surface area (Å²) >= 11 is 11.3. The molecule has 0 saturated carbocycles. The number of benzene rings is 1. The van der Waals surface area contributed by atoms with Crippen molar-refractivity contribution in [1.29, 1.82) is 0 Å². The quantitative estimate of drug-likeness (QED) is 0.831. The minimum Gasteiger partial charge on any atom is -0.481 e. The first kappa shape index (κ1) is 12.3. The molecular weight excluding hydrogens is 242 g/mol. The highest BCUT2D eigenvalue weighted by atomic mass is 35.5. The first-order chi connectivity index (χ1) is 6.91. The van der Waals surface area contributed by atoms with E-state index in [0.717, 1.165) is 0 Å². The van der Waals surface area contributed by atoms with Crippen molar-refractivity contribution < 1.29 is 14.3 Å². The van der Waals surface area contributed by atoms with E-state index in [1.807, 2.05) is 0 Å². The van der Waals surface area contributed by atoms with Crippen molar-refractivity contribution in [3.63, 3.8) is 0 Å². The van der Waals surface area contributed by atoms with Gasteiger partial charge in [-0.05, 0) is 23.6 Å². The van der Waals surface area contributed by atoms with Gasteiger partial charge in [-0.25, -0.2) is 4.39 Å². The Kier molecular flexibility index (Phi) is 3.94. The minimum absolute atomic E-state index is 0.0882. The lowest BCUT2D eigenvalue weighted by atomic mass is 9.97. The maximum absolute atomic E-state index is 13.5. The molecule has 82 valence electrons. The van der Waals surface area contributed by atoms with E-state index in [-0.39, 0.29) is 17.0 Å². The number of carboxylic acid groups (broad SMARTS) is 1. The molecule has 1 atom stereocenters. The van der Waals surface area contributed by atoms with E-state index in [1.165, 1.54) is 12.1 Å². The number of carbonyl (C=O) groups is 1. The summed E-state index contributed by atoms with van der Waals surface area (Å²) in [5.74, 6) is -2.05. The fourth-order valence-corrected chi connectivity index (χ4v) is 1.82. The molecule has 0 spiro atoms. The van der Waals surface area contributed by atoms with Gasteiger partial charge in [0.1, 0.15) is 5.82 Å². The van der Waals surface area contributed by atoms with Gasteiger partial charge in [0.2, 0.25) is 0 Å². The molecule has 0 amide bonds. The van der Waals surface area contributed by atoms with Crippen LogP contribution in [0.25, 0.3) is 0 Å². The molecule has 0 heterocycles. The van der Waals surface area contributed by atoms with Gasteiger partial charge in [-0.2, -0.15) is 0 Å². The second-order valence-corrected chi connectivity index (χ2v) is 4.13. The molecule has 0 saturated heterocycles. The van der Waals surface area contributed by atoms with Crippen LogP contribution in [0.15, 0.2) is 12.1 Å². The van der Waals surface area contributed by atoms with Crippen molar-refractivity contribution in [1.82, 2.24) is 0 Å². The van der Waals surface area contributed by atoms with Crippen LogP contribution in [-0.2, 0) is 4.79 Å². The lowest BCUT2D eigenvalue weighted by Gasteiger charge is -2.11. The van der Waals surface area contributed by atoms with Crippen LogP contribution < -0.4 is 0 Å². The molecule has 2 nitrogen and oxygen atoms in total. The van der Waals surface area contributed by atoms with Crippen molar-refractivity contribution in [2.75, 3.05) is 0 Å². The van der Waals surface area contributed by atoms with Gasteiger partial charge in [0.05, 0.1) is 11.4 Å². The van der Waals surface area contributed by atoms with E-state index < -0.39 is 17.7 Å². The second kappa shape index (κ2) is 4.81. The fourth-order valence-electron chi connectivity index (χ4n) is 1.31. The first-order valence-electron chi connectivity index (χ1n) is 4.28. The zero-order valence-electron chi connectivity index (χ0n) is 7.93. The average Bonchev–Trinajstić information content (AvgIpc) is 2.09. The molecule has 1 unspecified atom stereocenters. The third-order valence-electron chi connectivity index (χ3n) is 2.03. The molecule has 5 heteroatoms. The number of hydrogen-bond acceptors (Lipinski definition) is 1. The SMILES string of the molecule is CC(CC(=O)O)c1cc(Cl)cc(Cl)c1F. The van der Waals surface area contributed by atoms with E-state index in [0.29, 0.717) is 5.02 Å². The molecule has 0 aliphatic carbocycles. The Morgan fingerprint density at radius 2 is 2.13 bits per heavy atom. The summed E-state index contributed by atoms with van der Waals surface area (Å²) < 4.78 is 13.5. The summed E-state index contributed by atoms with van der Waals surface area (Å²) in [4.78, 5) is 10.5. The predicted octanol–water partition coefficient (Wildman–Crippen LogP) is 3.71. The summed E-state index contributed by atoms with van der Waals surface area (Å²) in [6.07, 6.45) is -0.159. The van der Waals surface area contributed by atoms with E-state index in [9.17, 15) is 9.18 Å². The predicted molar refractivity (Wildman–Crippen MR) is 57.1 cm³/mol. The summed E-state index contributed by atoms with van der Waals surface area (Å²) in [7, 11) is 0. The Balaban J connectivity index is 3.07. The molecular formula is C10H9Cl2FO2. The molecule has 15 heavy (non-hydrogen) atoms. The van der Waals surface area contributed by atoms with E-state index in [2.05, 4.69) is 0 Å². The highest BCUT2D eigenvalue weighted by Crippen LogP contribution is 2.30. The van der Waals surface area contributed by atoms with E-state index in [1.54, 1.807) is 6.92 Å². The fraction of sp³-hybridized carbons (Fsp3) is 0.300. The molecule has 1 aromatic rings. The van der Waals surface area contributed by atoms with Crippen molar-refractivity contribution in [2.45, 2.75) is 19.3 Å². The molecule has 0 aliphatic rings. The van der Waals surface area contributed by atoms with Crippen LogP contribution in [0.1, 0.15) is 24.8 Å². The maximum atomic E-state index is 13.5.